The molecular formula is C17H27NO2. The van der Waals surface area contributed by atoms with Gasteiger partial charge >= 0.3 is 0 Å². The van der Waals surface area contributed by atoms with Crippen molar-refractivity contribution in [1.82, 2.24) is 0 Å². The first kappa shape index (κ1) is 15.2. The molecule has 0 saturated heterocycles. The first-order valence-electron chi connectivity index (χ1n) is 7.82. The molecule has 0 radical (unpaired) electrons. The van der Waals surface area contributed by atoms with Crippen molar-refractivity contribution in [2.45, 2.75) is 52.0 Å². The third-order valence-corrected chi connectivity index (χ3v) is 4.35. The lowest BCUT2D eigenvalue weighted by Crippen LogP contribution is -2.33. The highest BCUT2D eigenvalue weighted by atomic mass is 16.5. The summed E-state index contributed by atoms with van der Waals surface area (Å²) in [7, 11) is 0. The fraction of sp³-hybridized carbons (Fsp3) is 0.647. The molecule has 2 unspecified atom stereocenters. The molecule has 2 atom stereocenters. The van der Waals surface area contributed by atoms with E-state index in [1.54, 1.807) is 0 Å². The Balaban J connectivity index is 2.26. The molecule has 0 aromatic heterocycles. The predicted molar refractivity (Wildman–Crippen MR) is 82.3 cm³/mol. The van der Waals surface area contributed by atoms with Gasteiger partial charge in [0.25, 0.3) is 0 Å². The molecule has 0 spiro atoms. The summed E-state index contributed by atoms with van der Waals surface area (Å²) in [5, 5.41) is 0. The van der Waals surface area contributed by atoms with Gasteiger partial charge < -0.3 is 15.2 Å². The average Bonchev–Trinajstić information content (AvgIpc) is 2.84. The van der Waals surface area contributed by atoms with Crippen LogP contribution in [0, 0.1) is 5.92 Å². The molecule has 0 heterocycles. The number of hydrogen-bond acceptors (Lipinski definition) is 3. The van der Waals surface area contributed by atoms with Gasteiger partial charge in [-0.1, -0.05) is 19.4 Å². The molecule has 112 valence electrons. The zero-order valence-corrected chi connectivity index (χ0v) is 12.9. The van der Waals surface area contributed by atoms with Crippen LogP contribution in [0.2, 0.25) is 0 Å². The van der Waals surface area contributed by atoms with Crippen molar-refractivity contribution in [3.05, 3.63) is 23.8 Å². The van der Waals surface area contributed by atoms with E-state index >= 15 is 0 Å². The number of ether oxygens (including phenoxy) is 2. The van der Waals surface area contributed by atoms with Gasteiger partial charge in [0.15, 0.2) is 11.5 Å². The van der Waals surface area contributed by atoms with E-state index in [2.05, 4.69) is 19.1 Å². The van der Waals surface area contributed by atoms with Crippen LogP contribution in [-0.4, -0.2) is 13.2 Å². The quantitative estimate of drug-likeness (QED) is 0.859. The fourth-order valence-electron chi connectivity index (χ4n) is 3.15. The Bertz CT molecular complexity index is 447. The van der Waals surface area contributed by atoms with Crippen molar-refractivity contribution in [3.8, 4) is 11.5 Å². The predicted octanol–water partition coefficient (Wildman–Crippen LogP) is 3.85. The van der Waals surface area contributed by atoms with Crippen LogP contribution >= 0.6 is 0 Å². The molecule has 1 aromatic rings. The van der Waals surface area contributed by atoms with E-state index in [4.69, 9.17) is 15.2 Å². The van der Waals surface area contributed by atoms with Gasteiger partial charge in [-0.15, -0.1) is 0 Å². The first-order chi connectivity index (χ1) is 9.62. The number of rotatable bonds is 6. The van der Waals surface area contributed by atoms with Crippen molar-refractivity contribution in [3.63, 3.8) is 0 Å². The number of nitrogens with two attached hydrogens (primary N) is 1. The molecule has 2 rings (SSSR count). The third kappa shape index (κ3) is 3.09. The molecule has 0 amide bonds. The summed E-state index contributed by atoms with van der Waals surface area (Å²) in [5.74, 6) is 2.38. The first-order valence-corrected chi connectivity index (χ1v) is 7.82. The molecule has 3 heteroatoms. The Morgan fingerprint density at radius 1 is 1.15 bits per heavy atom. The molecule has 1 aliphatic rings. The minimum atomic E-state index is -0.197. The van der Waals surface area contributed by atoms with E-state index in [-0.39, 0.29) is 5.54 Å². The molecule has 20 heavy (non-hydrogen) atoms. The van der Waals surface area contributed by atoms with Gasteiger partial charge in [0.05, 0.1) is 13.2 Å². The van der Waals surface area contributed by atoms with Crippen LogP contribution < -0.4 is 15.2 Å². The second kappa shape index (κ2) is 6.49. The minimum absolute atomic E-state index is 0.197. The average molecular weight is 277 g/mol. The van der Waals surface area contributed by atoms with Crippen LogP contribution in [-0.2, 0) is 5.54 Å². The Kier molecular flexibility index (Phi) is 4.92. The topological polar surface area (TPSA) is 44.5 Å². The summed E-state index contributed by atoms with van der Waals surface area (Å²) in [4.78, 5) is 0. The van der Waals surface area contributed by atoms with E-state index in [9.17, 15) is 0 Å². The van der Waals surface area contributed by atoms with Gasteiger partial charge in [-0.25, -0.2) is 0 Å². The molecule has 1 aromatic carbocycles. The monoisotopic (exact) mass is 277 g/mol. The van der Waals surface area contributed by atoms with Crippen molar-refractivity contribution in [2.24, 2.45) is 11.7 Å². The van der Waals surface area contributed by atoms with E-state index in [1.165, 1.54) is 18.4 Å². The van der Waals surface area contributed by atoms with Gasteiger partial charge in [0.1, 0.15) is 0 Å². The molecule has 3 nitrogen and oxygen atoms in total. The Hall–Kier alpha value is -1.22. The van der Waals surface area contributed by atoms with Gasteiger partial charge in [-0.2, -0.15) is 0 Å². The second-order valence-electron chi connectivity index (χ2n) is 5.70. The molecule has 0 bridgehead atoms. The Labute approximate surface area is 122 Å². The third-order valence-electron chi connectivity index (χ3n) is 4.35. The maximum absolute atomic E-state index is 6.64. The summed E-state index contributed by atoms with van der Waals surface area (Å²) < 4.78 is 11.3. The standard InChI is InChI=1S/C17H27NO2/c1-4-13-9-10-17(18,12-13)14-7-8-15(19-5-2)16(11-14)20-6-3/h7-8,11,13H,4-6,9-10,12,18H2,1-3H3. The molecule has 1 fully saturated rings. The van der Waals surface area contributed by atoms with E-state index in [0.29, 0.717) is 13.2 Å². The number of hydrogen-bond donors (Lipinski definition) is 1. The van der Waals surface area contributed by atoms with Gasteiger partial charge in [0, 0.05) is 5.54 Å². The maximum atomic E-state index is 6.64. The Morgan fingerprint density at radius 3 is 2.45 bits per heavy atom. The number of benzene rings is 1. The largest absolute Gasteiger partial charge is 0.490 e. The highest BCUT2D eigenvalue weighted by Crippen LogP contribution is 2.43. The summed E-state index contributed by atoms with van der Waals surface area (Å²) in [6, 6.07) is 6.18. The summed E-state index contributed by atoms with van der Waals surface area (Å²) in [6.45, 7) is 7.50. The van der Waals surface area contributed by atoms with Crippen LogP contribution in [0.15, 0.2) is 18.2 Å². The van der Waals surface area contributed by atoms with Crippen LogP contribution in [0.4, 0.5) is 0 Å². The Morgan fingerprint density at radius 2 is 1.85 bits per heavy atom. The summed E-state index contributed by atoms with van der Waals surface area (Å²) >= 11 is 0. The fourth-order valence-corrected chi connectivity index (χ4v) is 3.15. The molecule has 2 N–H and O–H groups in total. The molecule has 1 aliphatic carbocycles. The second-order valence-corrected chi connectivity index (χ2v) is 5.70. The van der Waals surface area contributed by atoms with Crippen molar-refractivity contribution < 1.29 is 9.47 Å². The molecular weight excluding hydrogens is 250 g/mol. The lowest BCUT2D eigenvalue weighted by molar-refractivity contribution is 0.286. The highest BCUT2D eigenvalue weighted by molar-refractivity contribution is 5.45. The van der Waals surface area contributed by atoms with E-state index in [0.717, 1.165) is 30.3 Å². The van der Waals surface area contributed by atoms with E-state index < -0.39 is 0 Å². The zero-order chi connectivity index (χ0) is 14.6. The lowest BCUT2D eigenvalue weighted by atomic mass is 9.88. The van der Waals surface area contributed by atoms with E-state index in [1.807, 2.05) is 19.9 Å². The highest BCUT2D eigenvalue weighted by Gasteiger charge is 2.36. The maximum Gasteiger partial charge on any atom is 0.161 e. The van der Waals surface area contributed by atoms with Crippen LogP contribution in [0.5, 0.6) is 11.5 Å². The van der Waals surface area contributed by atoms with Crippen LogP contribution in [0.25, 0.3) is 0 Å². The van der Waals surface area contributed by atoms with Crippen molar-refractivity contribution in [2.75, 3.05) is 13.2 Å². The van der Waals surface area contributed by atoms with Gasteiger partial charge in [-0.05, 0) is 56.7 Å². The molecule has 0 aliphatic heterocycles. The summed E-state index contributed by atoms with van der Waals surface area (Å²) in [6.07, 6.45) is 4.58. The normalized spacial score (nSPS) is 25.7. The van der Waals surface area contributed by atoms with Gasteiger partial charge in [0.2, 0.25) is 0 Å². The van der Waals surface area contributed by atoms with Gasteiger partial charge in [-0.3, -0.25) is 0 Å². The van der Waals surface area contributed by atoms with Crippen LogP contribution in [0.1, 0.15) is 52.0 Å². The SMILES string of the molecule is CCOc1ccc(C2(N)CCC(CC)C2)cc1OCC. The zero-order valence-electron chi connectivity index (χ0n) is 12.9. The minimum Gasteiger partial charge on any atom is -0.490 e. The van der Waals surface area contributed by atoms with Crippen molar-refractivity contribution in [1.29, 1.82) is 0 Å². The van der Waals surface area contributed by atoms with Crippen LogP contribution in [0.3, 0.4) is 0 Å². The van der Waals surface area contributed by atoms with Crippen molar-refractivity contribution >= 4 is 0 Å². The lowest BCUT2D eigenvalue weighted by Gasteiger charge is -2.26. The summed E-state index contributed by atoms with van der Waals surface area (Å²) in [5.41, 5.74) is 7.62. The molecule has 1 saturated carbocycles. The smallest absolute Gasteiger partial charge is 0.161 e.